The van der Waals surface area contributed by atoms with Gasteiger partial charge in [-0.25, -0.2) is 9.97 Å². The maximum Gasteiger partial charge on any atom is 0.136 e. The highest BCUT2D eigenvalue weighted by Crippen LogP contribution is 2.50. The lowest BCUT2D eigenvalue weighted by Crippen LogP contribution is -2.00. The molecule has 0 atom stereocenters. The summed E-state index contributed by atoms with van der Waals surface area (Å²) in [5.74, 6) is 1.70. The number of aromatic nitrogens is 2. The predicted molar refractivity (Wildman–Crippen MR) is 186 cm³/mol. The summed E-state index contributed by atoms with van der Waals surface area (Å²) in [5, 5.41) is 4.34. The average molecular weight is 589 g/mol. The number of fused-ring (bicyclic) bond motifs is 6. The molecule has 0 N–H and O–H groups in total. The minimum absolute atomic E-state index is 0.811. The zero-order valence-corrected chi connectivity index (χ0v) is 24.6. The Morgan fingerprint density at radius 1 is 0.391 bits per heavy atom. The highest BCUT2D eigenvalue weighted by atomic mass is 16.5. The molecule has 0 aliphatic carbocycles. The van der Waals surface area contributed by atoms with Gasteiger partial charge in [-0.2, -0.15) is 0 Å². The van der Waals surface area contributed by atoms with Crippen molar-refractivity contribution in [3.8, 4) is 56.3 Å². The second kappa shape index (κ2) is 9.62. The van der Waals surface area contributed by atoms with Crippen LogP contribution in [0.4, 0.5) is 0 Å². The first kappa shape index (κ1) is 25.1. The molecule has 0 saturated heterocycles. The second-order valence-electron chi connectivity index (χ2n) is 11.7. The van der Waals surface area contributed by atoms with Crippen molar-refractivity contribution in [2.75, 3.05) is 0 Å². The zero-order valence-electron chi connectivity index (χ0n) is 24.6. The van der Waals surface area contributed by atoms with E-state index in [0.29, 0.717) is 0 Å². The number of nitrogens with zero attached hydrogens (tertiary/aromatic N) is 2. The van der Waals surface area contributed by atoms with E-state index in [0.717, 1.165) is 100 Å². The van der Waals surface area contributed by atoms with Gasteiger partial charge in [-0.15, -0.1) is 0 Å². The summed E-state index contributed by atoms with van der Waals surface area (Å²) in [6, 6.07) is 50.1. The van der Waals surface area contributed by atoms with Crippen LogP contribution < -0.4 is 4.74 Å². The van der Waals surface area contributed by atoms with Crippen molar-refractivity contribution >= 4 is 43.7 Å². The molecule has 10 rings (SSSR count). The number of para-hydroxylation sites is 3. The SMILES string of the molecule is c1ccc(-c2ccc3c(c2)Oc2ccc(-c4nc5ccccc5nc4-c4ccc5c(c4)oc4ccccc45)c4cccc-3c24)cc1. The molecule has 0 saturated carbocycles. The minimum Gasteiger partial charge on any atom is -0.456 e. The molecule has 7 aromatic carbocycles. The molecule has 0 bridgehead atoms. The van der Waals surface area contributed by atoms with Gasteiger partial charge in [0.25, 0.3) is 0 Å². The largest absolute Gasteiger partial charge is 0.456 e. The topological polar surface area (TPSA) is 48.2 Å². The Labute approximate surface area is 264 Å². The van der Waals surface area contributed by atoms with E-state index in [1.807, 2.05) is 48.5 Å². The Morgan fingerprint density at radius 3 is 2.00 bits per heavy atom. The van der Waals surface area contributed by atoms with Crippen molar-refractivity contribution in [3.05, 3.63) is 146 Å². The molecule has 1 aliphatic heterocycles. The molecule has 4 heteroatoms. The van der Waals surface area contributed by atoms with Gasteiger partial charge in [0, 0.05) is 32.8 Å². The molecule has 214 valence electrons. The minimum atomic E-state index is 0.811. The molecular weight excluding hydrogens is 564 g/mol. The first-order valence-electron chi connectivity index (χ1n) is 15.4. The van der Waals surface area contributed by atoms with E-state index < -0.39 is 0 Å². The quantitative estimate of drug-likeness (QED) is 0.206. The summed E-state index contributed by atoms with van der Waals surface area (Å²) >= 11 is 0. The molecule has 9 aromatic rings. The molecule has 1 aliphatic rings. The summed E-state index contributed by atoms with van der Waals surface area (Å²) in [7, 11) is 0. The predicted octanol–water partition coefficient (Wildman–Crippen LogP) is 11.5. The Balaban J connectivity index is 1.19. The zero-order chi connectivity index (χ0) is 30.2. The Bertz CT molecular complexity index is 2670. The molecule has 0 fully saturated rings. The first-order chi connectivity index (χ1) is 22.8. The molecule has 4 nitrogen and oxygen atoms in total. The van der Waals surface area contributed by atoms with Gasteiger partial charge in [0.1, 0.15) is 22.7 Å². The second-order valence-corrected chi connectivity index (χ2v) is 11.7. The average Bonchev–Trinajstić information content (AvgIpc) is 3.49. The van der Waals surface area contributed by atoms with Gasteiger partial charge in [-0.3, -0.25) is 0 Å². The van der Waals surface area contributed by atoms with E-state index in [1.54, 1.807) is 0 Å². The smallest absolute Gasteiger partial charge is 0.136 e. The lowest BCUT2D eigenvalue weighted by molar-refractivity contribution is 0.487. The van der Waals surface area contributed by atoms with Crippen molar-refractivity contribution in [3.63, 3.8) is 0 Å². The van der Waals surface area contributed by atoms with E-state index in [9.17, 15) is 0 Å². The van der Waals surface area contributed by atoms with Crippen molar-refractivity contribution < 1.29 is 9.15 Å². The highest BCUT2D eigenvalue weighted by Gasteiger charge is 2.24. The van der Waals surface area contributed by atoms with Crippen molar-refractivity contribution in [1.82, 2.24) is 9.97 Å². The van der Waals surface area contributed by atoms with E-state index in [4.69, 9.17) is 19.1 Å². The van der Waals surface area contributed by atoms with Crippen LogP contribution in [-0.4, -0.2) is 9.97 Å². The standard InChI is InChI=1S/C42H24N2O2/c1-2-9-25(10-3-1)26-17-19-30-31-12-8-13-32-33(21-22-37(40(31)32)46-38(30)23-26)42-41(43-34-14-5-6-15-35(34)44-42)27-18-20-29-28-11-4-7-16-36(28)45-39(29)24-27/h1-24H. The number of rotatable bonds is 3. The van der Waals surface area contributed by atoms with E-state index in [2.05, 4.69) is 97.1 Å². The van der Waals surface area contributed by atoms with Gasteiger partial charge in [-0.05, 0) is 76.7 Å². The van der Waals surface area contributed by atoms with Gasteiger partial charge >= 0.3 is 0 Å². The Kier molecular flexibility index (Phi) is 5.25. The number of hydrogen-bond acceptors (Lipinski definition) is 4. The van der Waals surface area contributed by atoms with Crippen LogP contribution in [0, 0.1) is 0 Å². The van der Waals surface area contributed by atoms with Gasteiger partial charge < -0.3 is 9.15 Å². The van der Waals surface area contributed by atoms with Gasteiger partial charge in [0.2, 0.25) is 0 Å². The molecule has 0 amide bonds. The third kappa shape index (κ3) is 3.74. The Hall–Kier alpha value is -6.26. The maximum atomic E-state index is 6.62. The third-order valence-corrected chi connectivity index (χ3v) is 9.08. The number of furan rings is 1. The molecule has 0 spiro atoms. The maximum absolute atomic E-state index is 6.62. The molecule has 2 aromatic heterocycles. The molecule has 46 heavy (non-hydrogen) atoms. The fourth-order valence-electron chi connectivity index (χ4n) is 6.91. The van der Waals surface area contributed by atoms with Gasteiger partial charge in [-0.1, -0.05) is 91.0 Å². The lowest BCUT2D eigenvalue weighted by atomic mass is 9.90. The molecule has 0 unspecified atom stereocenters. The lowest BCUT2D eigenvalue weighted by Gasteiger charge is -2.23. The monoisotopic (exact) mass is 588 g/mol. The van der Waals surface area contributed by atoms with Crippen LogP contribution in [0.15, 0.2) is 150 Å². The van der Waals surface area contributed by atoms with E-state index >= 15 is 0 Å². The van der Waals surface area contributed by atoms with Crippen molar-refractivity contribution in [1.29, 1.82) is 0 Å². The van der Waals surface area contributed by atoms with Crippen molar-refractivity contribution in [2.24, 2.45) is 0 Å². The van der Waals surface area contributed by atoms with Crippen LogP contribution in [0.1, 0.15) is 0 Å². The Morgan fingerprint density at radius 2 is 1.11 bits per heavy atom. The first-order valence-corrected chi connectivity index (χ1v) is 15.4. The molecular formula is C42H24N2O2. The number of benzene rings is 7. The molecule has 3 heterocycles. The van der Waals surface area contributed by atoms with Gasteiger partial charge in [0.15, 0.2) is 0 Å². The summed E-state index contributed by atoms with van der Waals surface area (Å²) in [5.41, 5.74) is 11.5. The normalized spacial score (nSPS) is 12.1. The number of hydrogen-bond donors (Lipinski definition) is 0. The van der Waals surface area contributed by atoms with Crippen LogP contribution in [0.2, 0.25) is 0 Å². The summed E-state index contributed by atoms with van der Waals surface area (Å²) < 4.78 is 12.9. The summed E-state index contributed by atoms with van der Waals surface area (Å²) in [4.78, 5) is 10.5. The van der Waals surface area contributed by atoms with E-state index in [-0.39, 0.29) is 0 Å². The van der Waals surface area contributed by atoms with E-state index in [1.165, 1.54) is 0 Å². The fraction of sp³-hybridized carbons (Fsp3) is 0. The van der Waals surface area contributed by atoms with Gasteiger partial charge in [0.05, 0.1) is 22.4 Å². The summed E-state index contributed by atoms with van der Waals surface area (Å²) in [6.45, 7) is 0. The van der Waals surface area contributed by atoms with Crippen LogP contribution in [0.25, 0.3) is 88.5 Å². The summed E-state index contributed by atoms with van der Waals surface area (Å²) in [6.07, 6.45) is 0. The number of ether oxygens (including phenoxy) is 1. The molecule has 0 radical (unpaired) electrons. The fourth-order valence-corrected chi connectivity index (χ4v) is 6.91. The van der Waals surface area contributed by atoms with Crippen LogP contribution in [-0.2, 0) is 0 Å². The van der Waals surface area contributed by atoms with Crippen LogP contribution in [0.5, 0.6) is 11.5 Å². The highest BCUT2D eigenvalue weighted by molar-refractivity contribution is 6.11. The van der Waals surface area contributed by atoms with Crippen molar-refractivity contribution in [2.45, 2.75) is 0 Å². The van der Waals surface area contributed by atoms with Crippen LogP contribution in [0.3, 0.4) is 0 Å². The third-order valence-electron chi connectivity index (χ3n) is 9.08. The van der Waals surface area contributed by atoms with Crippen LogP contribution >= 0.6 is 0 Å².